The second-order valence-electron chi connectivity index (χ2n) is 9.49. The topological polar surface area (TPSA) is 82.2 Å². The molecule has 2 heterocycles. The lowest BCUT2D eigenvalue weighted by atomic mass is 9.80. The van der Waals surface area contributed by atoms with Crippen molar-refractivity contribution in [1.82, 2.24) is 15.3 Å². The zero-order chi connectivity index (χ0) is 26.6. The molecular weight excluding hydrogens is 491 g/mol. The molecule has 7 nitrogen and oxygen atoms in total. The van der Waals surface area contributed by atoms with Crippen LogP contribution in [-0.4, -0.2) is 35.5 Å². The van der Waals surface area contributed by atoms with E-state index in [0.29, 0.717) is 0 Å². The number of anilines is 5. The van der Waals surface area contributed by atoms with Crippen LogP contribution in [0.4, 0.5) is 33.2 Å². The lowest BCUT2D eigenvalue weighted by Gasteiger charge is -2.28. The molecule has 4 rings (SSSR count). The molecular formula is C28H30ClFN6O. The monoisotopic (exact) mass is 520 g/mol. The molecule has 0 radical (unpaired) electrons. The lowest BCUT2D eigenvalue weighted by molar-refractivity contribution is 0.0959. The van der Waals surface area contributed by atoms with Crippen LogP contribution < -0.4 is 20.9 Å². The van der Waals surface area contributed by atoms with Crippen molar-refractivity contribution in [3.05, 3.63) is 64.6 Å². The number of nitrogens with one attached hydrogen (secondary N) is 3. The summed E-state index contributed by atoms with van der Waals surface area (Å²) in [5, 5.41) is 8.81. The Balaban J connectivity index is 1.63. The maximum Gasteiger partial charge on any atom is 0.254 e. The van der Waals surface area contributed by atoms with E-state index >= 15 is 0 Å². The second-order valence-corrected chi connectivity index (χ2v) is 9.90. The fraction of sp³-hybridized carbons (Fsp3) is 0.321. The van der Waals surface area contributed by atoms with Gasteiger partial charge in [-0.2, -0.15) is 4.98 Å². The van der Waals surface area contributed by atoms with Gasteiger partial charge in [-0.05, 0) is 55.0 Å². The summed E-state index contributed by atoms with van der Waals surface area (Å²) in [6, 6.07) is 10.4. The molecule has 1 aromatic heterocycles. The standard InChI is InChI=1S/C28H30ClFN6O/c1-5-14-31-26(37)19-9-7-10-22(30)24(19)34-25-21(29)17-32-27(35-25)33-18-11-12-20-23(16-18)36(6-2)15-8-13-28(20,3)4/h1,7,9-12,16-17H,6,8,13-15H2,2-4H3,(H,31,37)(H2,32,33,34,35). The number of aromatic nitrogens is 2. The zero-order valence-electron chi connectivity index (χ0n) is 21.2. The largest absolute Gasteiger partial charge is 0.372 e. The number of carbonyl (C=O) groups excluding carboxylic acids is 1. The third-order valence-electron chi connectivity index (χ3n) is 6.53. The molecule has 0 atom stereocenters. The molecule has 0 unspecified atom stereocenters. The Morgan fingerprint density at radius 1 is 1.27 bits per heavy atom. The van der Waals surface area contributed by atoms with Gasteiger partial charge < -0.3 is 20.9 Å². The van der Waals surface area contributed by atoms with Gasteiger partial charge in [0.25, 0.3) is 5.91 Å². The van der Waals surface area contributed by atoms with E-state index < -0.39 is 11.7 Å². The molecule has 9 heteroatoms. The van der Waals surface area contributed by atoms with Crippen molar-refractivity contribution in [3.8, 4) is 12.3 Å². The smallest absolute Gasteiger partial charge is 0.254 e. The van der Waals surface area contributed by atoms with Crippen LogP contribution >= 0.6 is 11.6 Å². The summed E-state index contributed by atoms with van der Waals surface area (Å²) in [7, 11) is 0. The number of para-hydroxylation sites is 1. The van der Waals surface area contributed by atoms with Gasteiger partial charge in [0.2, 0.25) is 5.95 Å². The van der Waals surface area contributed by atoms with E-state index in [4.69, 9.17) is 18.0 Å². The van der Waals surface area contributed by atoms with E-state index in [9.17, 15) is 9.18 Å². The van der Waals surface area contributed by atoms with Crippen molar-refractivity contribution >= 4 is 46.3 Å². The molecule has 2 aromatic carbocycles. The van der Waals surface area contributed by atoms with Crippen molar-refractivity contribution in [2.45, 2.75) is 39.0 Å². The molecule has 0 bridgehead atoms. The highest BCUT2D eigenvalue weighted by Gasteiger charge is 2.28. The van der Waals surface area contributed by atoms with E-state index in [0.717, 1.165) is 31.6 Å². The third-order valence-corrected chi connectivity index (χ3v) is 6.81. The molecule has 37 heavy (non-hydrogen) atoms. The number of rotatable bonds is 7. The van der Waals surface area contributed by atoms with E-state index in [-0.39, 0.29) is 40.0 Å². The van der Waals surface area contributed by atoms with Gasteiger partial charge in [-0.25, -0.2) is 9.37 Å². The Hall–Kier alpha value is -3.83. The number of amides is 1. The summed E-state index contributed by atoms with van der Waals surface area (Å²) >= 11 is 6.33. The van der Waals surface area contributed by atoms with Gasteiger partial charge in [0, 0.05) is 24.5 Å². The minimum atomic E-state index is -0.634. The van der Waals surface area contributed by atoms with Gasteiger partial charge >= 0.3 is 0 Å². The Bertz CT molecular complexity index is 1350. The van der Waals surface area contributed by atoms with Crippen molar-refractivity contribution < 1.29 is 9.18 Å². The number of carbonyl (C=O) groups is 1. The highest BCUT2D eigenvalue weighted by molar-refractivity contribution is 6.33. The predicted octanol–water partition coefficient (Wildman–Crippen LogP) is 6.02. The van der Waals surface area contributed by atoms with Gasteiger partial charge in [-0.3, -0.25) is 4.79 Å². The van der Waals surface area contributed by atoms with Crippen molar-refractivity contribution in [2.24, 2.45) is 0 Å². The summed E-state index contributed by atoms with van der Waals surface area (Å²) in [4.78, 5) is 23.6. The van der Waals surface area contributed by atoms with Crippen LogP contribution in [0.1, 0.15) is 49.5 Å². The van der Waals surface area contributed by atoms with Crippen LogP contribution in [0.2, 0.25) is 5.02 Å². The van der Waals surface area contributed by atoms with Gasteiger partial charge in [0.05, 0.1) is 24.0 Å². The summed E-state index contributed by atoms with van der Waals surface area (Å²) in [6.45, 7) is 8.65. The molecule has 0 saturated carbocycles. The highest BCUT2D eigenvalue weighted by atomic mass is 35.5. The van der Waals surface area contributed by atoms with Crippen LogP contribution in [0.15, 0.2) is 42.6 Å². The molecule has 0 spiro atoms. The number of nitrogens with zero attached hydrogens (tertiary/aromatic N) is 3. The van der Waals surface area contributed by atoms with E-state index in [1.165, 1.54) is 35.6 Å². The number of hydrogen-bond acceptors (Lipinski definition) is 6. The molecule has 1 aliphatic rings. The average Bonchev–Trinajstić information content (AvgIpc) is 3.00. The zero-order valence-corrected chi connectivity index (χ0v) is 21.9. The van der Waals surface area contributed by atoms with Gasteiger partial charge in [-0.15, -0.1) is 6.42 Å². The van der Waals surface area contributed by atoms with E-state index in [1.807, 2.05) is 6.07 Å². The first kappa shape index (κ1) is 26.2. The Labute approximate surface area is 221 Å². The maximum absolute atomic E-state index is 14.7. The van der Waals surface area contributed by atoms with Crippen LogP contribution in [-0.2, 0) is 5.41 Å². The third kappa shape index (κ3) is 5.78. The molecule has 3 aromatic rings. The Morgan fingerprint density at radius 3 is 2.84 bits per heavy atom. The highest BCUT2D eigenvalue weighted by Crippen LogP contribution is 2.40. The minimum absolute atomic E-state index is 0.0184. The quantitative estimate of drug-likeness (QED) is 0.331. The van der Waals surface area contributed by atoms with Crippen molar-refractivity contribution in [2.75, 3.05) is 35.2 Å². The van der Waals surface area contributed by atoms with Crippen LogP contribution in [0.25, 0.3) is 0 Å². The fourth-order valence-electron chi connectivity index (χ4n) is 4.57. The van der Waals surface area contributed by atoms with Crippen LogP contribution in [0, 0.1) is 18.2 Å². The first-order chi connectivity index (χ1) is 17.7. The van der Waals surface area contributed by atoms with Gasteiger partial charge in [-0.1, -0.05) is 43.5 Å². The van der Waals surface area contributed by atoms with Gasteiger partial charge in [0.1, 0.15) is 10.8 Å². The first-order valence-corrected chi connectivity index (χ1v) is 12.6. The number of terminal acetylenes is 1. The molecule has 0 fully saturated rings. The maximum atomic E-state index is 14.7. The second kappa shape index (κ2) is 11.1. The molecule has 1 aliphatic heterocycles. The van der Waals surface area contributed by atoms with Crippen LogP contribution in [0.3, 0.4) is 0 Å². The molecule has 1 amide bonds. The molecule has 3 N–H and O–H groups in total. The summed E-state index contributed by atoms with van der Waals surface area (Å²) in [5.41, 5.74) is 3.42. The fourth-order valence-corrected chi connectivity index (χ4v) is 4.71. The Kier molecular flexibility index (Phi) is 7.84. The van der Waals surface area contributed by atoms with Crippen molar-refractivity contribution in [3.63, 3.8) is 0 Å². The normalized spacial score (nSPS) is 14.2. The number of halogens is 2. The Morgan fingerprint density at radius 2 is 2.08 bits per heavy atom. The number of benzene rings is 2. The first-order valence-electron chi connectivity index (χ1n) is 12.2. The number of hydrogen-bond donors (Lipinski definition) is 3. The van der Waals surface area contributed by atoms with Crippen molar-refractivity contribution in [1.29, 1.82) is 0 Å². The summed E-state index contributed by atoms with van der Waals surface area (Å²) in [6.07, 6.45) is 8.90. The molecule has 192 valence electrons. The van der Waals surface area contributed by atoms with E-state index in [2.05, 4.69) is 69.6 Å². The molecule has 0 saturated heterocycles. The van der Waals surface area contributed by atoms with Gasteiger partial charge in [0.15, 0.2) is 5.82 Å². The minimum Gasteiger partial charge on any atom is -0.372 e. The predicted molar refractivity (Wildman–Crippen MR) is 148 cm³/mol. The SMILES string of the molecule is C#CCNC(=O)c1cccc(F)c1Nc1nc(Nc2ccc3c(c2)N(CC)CCCC3(C)C)ncc1Cl. The molecule has 0 aliphatic carbocycles. The number of fused-ring (bicyclic) bond motifs is 1. The summed E-state index contributed by atoms with van der Waals surface area (Å²) < 4.78 is 14.7. The average molecular weight is 521 g/mol. The van der Waals surface area contributed by atoms with E-state index in [1.54, 1.807) is 0 Å². The lowest BCUT2D eigenvalue weighted by Crippen LogP contribution is -2.24. The van der Waals surface area contributed by atoms with Crippen LogP contribution in [0.5, 0.6) is 0 Å². The summed E-state index contributed by atoms with van der Waals surface area (Å²) in [5.74, 6) is 1.60.